The average molecular weight is 573 g/mol. The third kappa shape index (κ3) is 37.5. The van der Waals surface area contributed by atoms with Crippen molar-refractivity contribution in [2.75, 3.05) is 173 Å². The minimum Gasteiger partial charge on any atom is -0.378 e. The fraction of sp³-hybridized carbons (Fsp3) is 1.00. The standard InChI is InChI=1S/C26H56N2O11/c1-27-3-5-29-7-9-31-11-13-33-15-17-35-19-21-37-23-25-39-26-24-38-22-20-36-18-16-34-14-12-32-10-8-30-6-4-28-2/h27-28H,3-26H2,1-2H3. The number of hydrogen-bond acceptors (Lipinski definition) is 13. The molecular weight excluding hydrogens is 516 g/mol. The van der Waals surface area contributed by atoms with Crippen molar-refractivity contribution in [2.24, 2.45) is 0 Å². The van der Waals surface area contributed by atoms with E-state index in [0.717, 1.165) is 13.1 Å². The molecule has 13 heteroatoms. The van der Waals surface area contributed by atoms with E-state index in [0.29, 0.717) is 145 Å². The molecule has 0 radical (unpaired) electrons. The molecule has 0 amide bonds. The van der Waals surface area contributed by atoms with Crippen molar-refractivity contribution in [3.8, 4) is 0 Å². The Morgan fingerprint density at radius 1 is 0.231 bits per heavy atom. The molecule has 0 aliphatic rings. The largest absolute Gasteiger partial charge is 0.378 e. The second-order valence-electron chi connectivity index (χ2n) is 7.94. The molecule has 0 aromatic rings. The summed E-state index contributed by atoms with van der Waals surface area (Å²) in [4.78, 5) is 0. The molecule has 0 aliphatic heterocycles. The molecule has 0 aliphatic carbocycles. The van der Waals surface area contributed by atoms with Crippen LogP contribution in [-0.2, 0) is 52.1 Å². The molecule has 0 aromatic heterocycles. The molecule has 0 spiro atoms. The van der Waals surface area contributed by atoms with Gasteiger partial charge in [-0.1, -0.05) is 0 Å². The molecule has 39 heavy (non-hydrogen) atoms. The van der Waals surface area contributed by atoms with Gasteiger partial charge in [0.15, 0.2) is 0 Å². The Kier molecular flexibility index (Phi) is 37.0. The van der Waals surface area contributed by atoms with E-state index in [2.05, 4.69) is 10.6 Å². The number of ether oxygens (including phenoxy) is 11. The van der Waals surface area contributed by atoms with Crippen LogP contribution < -0.4 is 10.6 Å². The Bertz CT molecular complexity index is 393. The normalized spacial score (nSPS) is 11.5. The fourth-order valence-electron chi connectivity index (χ4n) is 2.65. The maximum atomic E-state index is 5.47. The number of likely N-dealkylation sites (N-methyl/N-ethyl adjacent to an activating group) is 2. The first kappa shape index (κ1) is 38.5. The summed E-state index contributed by atoms with van der Waals surface area (Å²) in [6.07, 6.45) is 0. The van der Waals surface area contributed by atoms with E-state index in [1.54, 1.807) is 0 Å². The Morgan fingerprint density at radius 3 is 0.487 bits per heavy atom. The van der Waals surface area contributed by atoms with Gasteiger partial charge in [0.2, 0.25) is 0 Å². The molecule has 0 saturated carbocycles. The quantitative estimate of drug-likeness (QED) is 0.0948. The van der Waals surface area contributed by atoms with Crippen LogP contribution in [-0.4, -0.2) is 173 Å². The molecule has 0 atom stereocenters. The molecule has 0 bridgehead atoms. The lowest BCUT2D eigenvalue weighted by molar-refractivity contribution is -0.0274. The highest BCUT2D eigenvalue weighted by Crippen LogP contribution is 1.87. The molecule has 236 valence electrons. The van der Waals surface area contributed by atoms with Gasteiger partial charge in [-0.15, -0.1) is 0 Å². The summed E-state index contributed by atoms with van der Waals surface area (Å²) in [5.74, 6) is 0. The van der Waals surface area contributed by atoms with Crippen LogP contribution in [0.5, 0.6) is 0 Å². The fourth-order valence-corrected chi connectivity index (χ4v) is 2.65. The highest BCUT2D eigenvalue weighted by Gasteiger charge is 1.96. The minimum atomic E-state index is 0.522. The Balaban J connectivity index is 3.01. The van der Waals surface area contributed by atoms with Crippen LogP contribution in [0.3, 0.4) is 0 Å². The monoisotopic (exact) mass is 572 g/mol. The summed E-state index contributed by atoms with van der Waals surface area (Å²) in [6, 6.07) is 0. The van der Waals surface area contributed by atoms with Crippen molar-refractivity contribution in [3.05, 3.63) is 0 Å². The molecule has 0 fully saturated rings. The number of hydrogen-bond donors (Lipinski definition) is 2. The van der Waals surface area contributed by atoms with Crippen LogP contribution in [0, 0.1) is 0 Å². The molecule has 2 N–H and O–H groups in total. The molecule has 0 unspecified atom stereocenters. The average Bonchev–Trinajstić information content (AvgIpc) is 2.95. The molecule has 0 rings (SSSR count). The molecule has 13 nitrogen and oxygen atoms in total. The van der Waals surface area contributed by atoms with Gasteiger partial charge in [-0.3, -0.25) is 0 Å². The Labute approximate surface area is 235 Å². The highest BCUT2D eigenvalue weighted by molar-refractivity contribution is 4.40. The van der Waals surface area contributed by atoms with Gasteiger partial charge in [0.25, 0.3) is 0 Å². The van der Waals surface area contributed by atoms with Gasteiger partial charge in [-0.05, 0) is 14.1 Å². The van der Waals surface area contributed by atoms with E-state index in [4.69, 9.17) is 52.1 Å². The summed E-state index contributed by atoms with van der Waals surface area (Å²) < 4.78 is 59.7. The number of rotatable bonds is 36. The van der Waals surface area contributed by atoms with Crippen LogP contribution in [0.15, 0.2) is 0 Å². The van der Waals surface area contributed by atoms with Crippen molar-refractivity contribution in [1.82, 2.24) is 10.6 Å². The van der Waals surface area contributed by atoms with E-state index in [1.165, 1.54) is 0 Å². The maximum absolute atomic E-state index is 5.47. The van der Waals surface area contributed by atoms with E-state index < -0.39 is 0 Å². The Morgan fingerprint density at radius 2 is 0.359 bits per heavy atom. The van der Waals surface area contributed by atoms with Gasteiger partial charge >= 0.3 is 0 Å². The summed E-state index contributed by atoms with van der Waals surface area (Å²) in [7, 11) is 3.79. The van der Waals surface area contributed by atoms with Crippen LogP contribution in [0.1, 0.15) is 0 Å². The van der Waals surface area contributed by atoms with Crippen LogP contribution in [0.2, 0.25) is 0 Å². The van der Waals surface area contributed by atoms with Gasteiger partial charge in [0, 0.05) is 13.1 Å². The molecule has 0 heterocycles. The van der Waals surface area contributed by atoms with Crippen molar-refractivity contribution in [1.29, 1.82) is 0 Å². The molecular formula is C26H56N2O11. The minimum absolute atomic E-state index is 0.522. The molecule has 0 aromatic carbocycles. The van der Waals surface area contributed by atoms with Gasteiger partial charge in [0.05, 0.1) is 145 Å². The summed E-state index contributed by atoms with van der Waals surface area (Å²) in [5, 5.41) is 6.04. The second kappa shape index (κ2) is 37.5. The summed E-state index contributed by atoms with van der Waals surface area (Å²) in [5.41, 5.74) is 0. The van der Waals surface area contributed by atoms with Crippen molar-refractivity contribution < 1.29 is 52.1 Å². The van der Waals surface area contributed by atoms with Gasteiger partial charge < -0.3 is 62.7 Å². The topological polar surface area (TPSA) is 126 Å². The Hall–Kier alpha value is -0.520. The third-order valence-corrected chi connectivity index (χ3v) is 4.71. The van der Waals surface area contributed by atoms with E-state index in [1.807, 2.05) is 14.1 Å². The van der Waals surface area contributed by atoms with Gasteiger partial charge in [-0.25, -0.2) is 0 Å². The smallest absolute Gasteiger partial charge is 0.0701 e. The third-order valence-electron chi connectivity index (χ3n) is 4.71. The predicted octanol–water partition coefficient (Wildman–Crippen LogP) is -0.392. The zero-order valence-electron chi connectivity index (χ0n) is 24.5. The van der Waals surface area contributed by atoms with Crippen LogP contribution >= 0.6 is 0 Å². The van der Waals surface area contributed by atoms with Gasteiger partial charge in [-0.2, -0.15) is 0 Å². The van der Waals surface area contributed by atoms with Crippen LogP contribution in [0.4, 0.5) is 0 Å². The lowest BCUT2D eigenvalue weighted by atomic mass is 10.6. The number of nitrogens with one attached hydrogen (secondary N) is 2. The van der Waals surface area contributed by atoms with Crippen molar-refractivity contribution >= 4 is 0 Å². The zero-order valence-corrected chi connectivity index (χ0v) is 24.5. The first-order valence-electron chi connectivity index (χ1n) is 14.1. The predicted molar refractivity (Wildman–Crippen MR) is 147 cm³/mol. The lowest BCUT2D eigenvalue weighted by Gasteiger charge is -2.09. The van der Waals surface area contributed by atoms with E-state index in [9.17, 15) is 0 Å². The molecule has 0 saturated heterocycles. The first-order valence-corrected chi connectivity index (χ1v) is 14.1. The maximum Gasteiger partial charge on any atom is 0.0701 e. The summed E-state index contributed by atoms with van der Waals surface area (Å²) in [6.45, 7) is 14.0. The first-order chi connectivity index (χ1) is 19.4. The summed E-state index contributed by atoms with van der Waals surface area (Å²) >= 11 is 0. The van der Waals surface area contributed by atoms with E-state index in [-0.39, 0.29) is 0 Å². The van der Waals surface area contributed by atoms with Gasteiger partial charge in [0.1, 0.15) is 0 Å². The highest BCUT2D eigenvalue weighted by atomic mass is 16.6. The zero-order chi connectivity index (χ0) is 28.2. The van der Waals surface area contributed by atoms with E-state index >= 15 is 0 Å². The second-order valence-corrected chi connectivity index (χ2v) is 7.94. The lowest BCUT2D eigenvalue weighted by Crippen LogP contribution is -2.17. The van der Waals surface area contributed by atoms with Crippen molar-refractivity contribution in [2.45, 2.75) is 0 Å². The van der Waals surface area contributed by atoms with Crippen molar-refractivity contribution in [3.63, 3.8) is 0 Å². The van der Waals surface area contributed by atoms with Crippen LogP contribution in [0.25, 0.3) is 0 Å². The SMILES string of the molecule is CNCCOCCOCCOCCOCCOCCOCCOCCOCCOCCOCCOCCNC.